The zero-order chi connectivity index (χ0) is 18.8. The summed E-state index contributed by atoms with van der Waals surface area (Å²) < 4.78 is 31.0. The second-order valence-electron chi connectivity index (χ2n) is 6.52. The second kappa shape index (κ2) is 7.60. The monoisotopic (exact) mass is 388 g/mol. The van der Waals surface area contributed by atoms with E-state index >= 15 is 0 Å². The standard InChI is InChI=1S/C20H18F2N2O2S/c21-19(22)17-18(26-11-23-17)20(25)24-16(15-6-3-9-27-15)14-8-7-12-4-1-2-5-13(12)10-14/h3,6-11,16,19H,1-2,4-5H2,(H,24,25). The Morgan fingerprint density at radius 1 is 1.19 bits per heavy atom. The van der Waals surface area contributed by atoms with Gasteiger partial charge in [0.25, 0.3) is 12.3 Å². The van der Waals surface area contributed by atoms with Gasteiger partial charge in [0.05, 0.1) is 6.04 Å². The molecular formula is C20H18F2N2O2S. The van der Waals surface area contributed by atoms with E-state index in [1.165, 1.54) is 28.9 Å². The van der Waals surface area contributed by atoms with E-state index in [-0.39, 0.29) is 0 Å². The SMILES string of the molecule is O=C(NC(c1ccc2c(c1)CCCC2)c1cccs1)c1ocnc1C(F)F. The van der Waals surface area contributed by atoms with Crippen LogP contribution in [0.2, 0.25) is 0 Å². The average Bonchev–Trinajstić information content (AvgIpc) is 3.37. The van der Waals surface area contributed by atoms with Crippen molar-refractivity contribution in [3.05, 3.63) is 75.1 Å². The largest absolute Gasteiger partial charge is 0.438 e. The maximum atomic E-state index is 13.0. The summed E-state index contributed by atoms with van der Waals surface area (Å²) in [6.45, 7) is 0. The molecule has 4 rings (SSSR count). The molecule has 27 heavy (non-hydrogen) atoms. The van der Waals surface area contributed by atoms with Crippen LogP contribution in [0.1, 0.15) is 63.1 Å². The number of thiophene rings is 1. The molecule has 1 amide bonds. The molecule has 1 aromatic carbocycles. The summed E-state index contributed by atoms with van der Waals surface area (Å²) in [6, 6.07) is 9.62. The van der Waals surface area contributed by atoms with Crippen molar-refractivity contribution < 1.29 is 18.0 Å². The van der Waals surface area contributed by atoms with Crippen LogP contribution in [-0.2, 0) is 12.8 Å². The number of alkyl halides is 2. The van der Waals surface area contributed by atoms with E-state index in [1.54, 1.807) is 0 Å². The van der Waals surface area contributed by atoms with Gasteiger partial charge in [-0.2, -0.15) is 0 Å². The lowest BCUT2D eigenvalue weighted by Crippen LogP contribution is -2.29. The van der Waals surface area contributed by atoms with Gasteiger partial charge in [0.2, 0.25) is 5.76 Å². The minimum absolute atomic E-state index is 0.430. The number of nitrogens with one attached hydrogen (secondary N) is 1. The molecule has 2 heterocycles. The Hall–Kier alpha value is -2.54. The minimum atomic E-state index is -2.87. The van der Waals surface area contributed by atoms with Gasteiger partial charge in [-0.05, 0) is 53.8 Å². The van der Waals surface area contributed by atoms with E-state index in [2.05, 4.69) is 22.4 Å². The number of carbonyl (C=O) groups is 1. The van der Waals surface area contributed by atoms with Crippen LogP contribution in [0.15, 0.2) is 46.5 Å². The molecule has 4 nitrogen and oxygen atoms in total. The van der Waals surface area contributed by atoms with Gasteiger partial charge in [-0.1, -0.05) is 24.3 Å². The first-order valence-electron chi connectivity index (χ1n) is 8.81. The van der Waals surface area contributed by atoms with Crippen molar-refractivity contribution in [2.45, 2.75) is 38.2 Å². The molecule has 2 aromatic heterocycles. The zero-order valence-corrected chi connectivity index (χ0v) is 15.3. The summed E-state index contributed by atoms with van der Waals surface area (Å²) >= 11 is 1.50. The highest BCUT2D eigenvalue weighted by Crippen LogP contribution is 2.31. The molecule has 1 aliphatic rings. The Bertz CT molecular complexity index is 937. The fourth-order valence-electron chi connectivity index (χ4n) is 3.48. The molecule has 0 bridgehead atoms. The molecule has 0 radical (unpaired) electrons. The van der Waals surface area contributed by atoms with E-state index in [1.807, 2.05) is 23.6 Å². The van der Waals surface area contributed by atoms with Crippen molar-refractivity contribution in [1.82, 2.24) is 10.3 Å². The minimum Gasteiger partial charge on any atom is -0.438 e. The highest BCUT2D eigenvalue weighted by Gasteiger charge is 2.27. The lowest BCUT2D eigenvalue weighted by molar-refractivity contribution is 0.0896. The summed E-state index contributed by atoms with van der Waals surface area (Å²) in [5, 5.41) is 4.77. The van der Waals surface area contributed by atoms with Crippen LogP contribution in [0, 0.1) is 0 Å². The molecule has 3 aromatic rings. The topological polar surface area (TPSA) is 55.1 Å². The lowest BCUT2D eigenvalue weighted by atomic mass is 9.89. The molecule has 0 spiro atoms. The number of aryl methyl sites for hydroxylation is 2. The van der Waals surface area contributed by atoms with Gasteiger partial charge in [-0.3, -0.25) is 4.79 Å². The first-order valence-corrected chi connectivity index (χ1v) is 9.69. The van der Waals surface area contributed by atoms with E-state index in [0.717, 1.165) is 36.1 Å². The molecule has 1 N–H and O–H groups in total. The number of amides is 1. The molecular weight excluding hydrogens is 370 g/mol. The van der Waals surface area contributed by atoms with Crippen LogP contribution in [-0.4, -0.2) is 10.9 Å². The average molecular weight is 388 g/mol. The predicted molar refractivity (Wildman–Crippen MR) is 98.2 cm³/mol. The molecule has 1 aliphatic carbocycles. The van der Waals surface area contributed by atoms with Gasteiger partial charge >= 0.3 is 0 Å². The Labute approximate surface area is 159 Å². The number of fused-ring (bicyclic) bond motifs is 1. The van der Waals surface area contributed by atoms with Gasteiger partial charge in [-0.15, -0.1) is 11.3 Å². The Morgan fingerprint density at radius 3 is 2.74 bits per heavy atom. The third-order valence-corrected chi connectivity index (χ3v) is 5.75. The normalized spacial score (nSPS) is 14.8. The fraction of sp³-hybridized carbons (Fsp3) is 0.300. The number of aromatic nitrogens is 1. The van der Waals surface area contributed by atoms with Crippen molar-refractivity contribution >= 4 is 17.2 Å². The number of carbonyl (C=O) groups excluding carboxylic acids is 1. The number of hydrogen-bond acceptors (Lipinski definition) is 4. The molecule has 0 aliphatic heterocycles. The molecule has 1 unspecified atom stereocenters. The molecule has 0 fully saturated rings. The summed E-state index contributed by atoms with van der Waals surface area (Å²) in [4.78, 5) is 17.0. The summed E-state index contributed by atoms with van der Waals surface area (Å²) in [7, 11) is 0. The lowest BCUT2D eigenvalue weighted by Gasteiger charge is -2.22. The number of hydrogen-bond donors (Lipinski definition) is 1. The molecule has 140 valence electrons. The van der Waals surface area contributed by atoms with E-state index < -0.39 is 29.8 Å². The summed E-state index contributed by atoms with van der Waals surface area (Å²) in [6.07, 6.45) is 2.44. The molecule has 7 heteroatoms. The number of oxazole rings is 1. The molecule has 0 saturated heterocycles. The first-order chi connectivity index (χ1) is 13.1. The van der Waals surface area contributed by atoms with Gasteiger partial charge in [0.15, 0.2) is 12.1 Å². The van der Waals surface area contributed by atoms with Crippen molar-refractivity contribution in [3.8, 4) is 0 Å². The Kier molecular flexibility index (Phi) is 5.03. The quantitative estimate of drug-likeness (QED) is 0.664. The highest BCUT2D eigenvalue weighted by atomic mass is 32.1. The number of halogens is 2. The van der Waals surface area contributed by atoms with Crippen molar-refractivity contribution in [2.24, 2.45) is 0 Å². The Balaban J connectivity index is 1.66. The third-order valence-electron chi connectivity index (χ3n) is 4.82. The maximum absolute atomic E-state index is 13.0. The van der Waals surface area contributed by atoms with Crippen molar-refractivity contribution in [1.29, 1.82) is 0 Å². The van der Waals surface area contributed by atoms with Crippen LogP contribution in [0.5, 0.6) is 0 Å². The predicted octanol–water partition coefficient (Wildman–Crippen LogP) is 5.07. The second-order valence-corrected chi connectivity index (χ2v) is 7.50. The summed E-state index contributed by atoms with van der Waals surface area (Å²) in [5.41, 5.74) is 2.94. The van der Waals surface area contributed by atoms with Crippen molar-refractivity contribution in [2.75, 3.05) is 0 Å². The molecule has 1 atom stereocenters. The van der Waals surface area contributed by atoms with Gasteiger partial charge in [-0.25, -0.2) is 13.8 Å². The first kappa shape index (κ1) is 17.9. The highest BCUT2D eigenvalue weighted by molar-refractivity contribution is 7.10. The van der Waals surface area contributed by atoms with Crippen molar-refractivity contribution in [3.63, 3.8) is 0 Å². The third kappa shape index (κ3) is 3.64. The van der Waals surface area contributed by atoms with Crippen LogP contribution in [0.3, 0.4) is 0 Å². The van der Waals surface area contributed by atoms with E-state index in [0.29, 0.717) is 0 Å². The Morgan fingerprint density at radius 2 is 2.00 bits per heavy atom. The zero-order valence-electron chi connectivity index (χ0n) is 14.5. The number of rotatable bonds is 5. The van der Waals surface area contributed by atoms with E-state index in [9.17, 15) is 13.6 Å². The number of nitrogens with zero attached hydrogens (tertiary/aromatic N) is 1. The van der Waals surface area contributed by atoms with E-state index in [4.69, 9.17) is 4.42 Å². The van der Waals surface area contributed by atoms with Gasteiger partial charge in [0.1, 0.15) is 0 Å². The van der Waals surface area contributed by atoms with Gasteiger partial charge in [0, 0.05) is 4.88 Å². The van der Waals surface area contributed by atoms with Gasteiger partial charge < -0.3 is 9.73 Å². The smallest absolute Gasteiger partial charge is 0.290 e. The summed E-state index contributed by atoms with van der Waals surface area (Å²) in [5.74, 6) is -1.14. The fourth-order valence-corrected chi connectivity index (χ4v) is 4.29. The molecule has 0 saturated carbocycles. The van der Waals surface area contributed by atoms with Crippen LogP contribution in [0.25, 0.3) is 0 Å². The maximum Gasteiger partial charge on any atom is 0.290 e. The number of benzene rings is 1. The van der Waals surface area contributed by atoms with Crippen LogP contribution >= 0.6 is 11.3 Å². The van der Waals surface area contributed by atoms with Crippen LogP contribution in [0.4, 0.5) is 8.78 Å². The van der Waals surface area contributed by atoms with Crippen LogP contribution < -0.4 is 5.32 Å².